The van der Waals surface area contributed by atoms with Gasteiger partial charge in [0.15, 0.2) is 0 Å². The van der Waals surface area contributed by atoms with E-state index in [1.165, 1.54) is 0 Å². The summed E-state index contributed by atoms with van der Waals surface area (Å²) in [5.74, 6) is 0.509. The van der Waals surface area contributed by atoms with Gasteiger partial charge in [0.25, 0.3) is 0 Å². The number of nitrogens with one attached hydrogen (secondary N) is 1. The molecule has 8 nitrogen and oxygen atoms in total. The van der Waals surface area contributed by atoms with E-state index in [2.05, 4.69) is 34.3 Å². The van der Waals surface area contributed by atoms with Gasteiger partial charge in [0.2, 0.25) is 0 Å². The second-order valence-electron chi connectivity index (χ2n) is 7.07. The van der Waals surface area contributed by atoms with Crippen LogP contribution in [0.2, 0.25) is 0 Å². The first-order valence-corrected chi connectivity index (χ1v) is 9.01. The fourth-order valence-corrected chi connectivity index (χ4v) is 3.22. The Morgan fingerprint density at radius 2 is 2.07 bits per heavy atom. The zero-order valence-corrected chi connectivity index (χ0v) is 15.8. The lowest BCUT2D eigenvalue weighted by atomic mass is 10.2. The quantitative estimate of drug-likeness (QED) is 0.753. The molecule has 1 N–H and O–H groups in total. The molecule has 1 fully saturated rings. The molecular formula is C19H23N7O. The summed E-state index contributed by atoms with van der Waals surface area (Å²) < 4.78 is 1.75. The van der Waals surface area contributed by atoms with E-state index in [1.54, 1.807) is 17.1 Å². The van der Waals surface area contributed by atoms with Crippen LogP contribution in [0.3, 0.4) is 0 Å². The molecule has 3 aromatic heterocycles. The zero-order chi connectivity index (χ0) is 19.0. The van der Waals surface area contributed by atoms with Gasteiger partial charge in [0.05, 0.1) is 17.4 Å². The minimum atomic E-state index is -0.120. The number of anilines is 1. The monoisotopic (exact) mass is 365 g/mol. The van der Waals surface area contributed by atoms with Crippen molar-refractivity contribution in [3.63, 3.8) is 0 Å². The lowest BCUT2D eigenvalue weighted by molar-refractivity contribution is 0.125. The first-order valence-electron chi connectivity index (χ1n) is 9.01. The fourth-order valence-electron chi connectivity index (χ4n) is 3.22. The Kier molecular flexibility index (Phi) is 4.49. The van der Waals surface area contributed by atoms with Gasteiger partial charge in [-0.1, -0.05) is 0 Å². The van der Waals surface area contributed by atoms with Gasteiger partial charge in [-0.3, -0.25) is 10.00 Å². The third kappa shape index (κ3) is 3.61. The molecule has 3 aromatic rings. The van der Waals surface area contributed by atoms with Crippen LogP contribution in [-0.2, 0) is 7.05 Å². The number of urea groups is 1. The molecule has 1 atom stereocenters. The number of nitrogens with zero attached hydrogens (tertiary/aromatic N) is 6. The Morgan fingerprint density at radius 3 is 2.81 bits per heavy atom. The second kappa shape index (κ2) is 6.96. The van der Waals surface area contributed by atoms with Crippen molar-refractivity contribution in [3.05, 3.63) is 36.8 Å². The summed E-state index contributed by atoms with van der Waals surface area (Å²) in [4.78, 5) is 25.7. The van der Waals surface area contributed by atoms with Gasteiger partial charge in [-0.2, -0.15) is 5.10 Å². The molecule has 0 bridgehead atoms. The maximum absolute atomic E-state index is 12.6. The average Bonchev–Trinajstić information content (AvgIpc) is 3.09. The number of aromatic nitrogens is 4. The molecule has 1 saturated heterocycles. The maximum Gasteiger partial charge on any atom is 0.323 e. The number of piperazine rings is 1. The summed E-state index contributed by atoms with van der Waals surface area (Å²) in [5, 5.41) is 8.02. The first kappa shape index (κ1) is 17.4. The average molecular weight is 365 g/mol. The van der Waals surface area contributed by atoms with E-state index in [-0.39, 0.29) is 6.03 Å². The number of fused-ring (bicyclic) bond motifs is 1. The zero-order valence-electron chi connectivity index (χ0n) is 15.8. The Balaban J connectivity index is 1.54. The summed E-state index contributed by atoms with van der Waals surface area (Å²) in [6, 6.07) is 5.96. The molecule has 1 unspecified atom stereocenters. The number of aryl methyl sites for hydroxylation is 1. The van der Waals surface area contributed by atoms with Gasteiger partial charge < -0.3 is 9.80 Å². The van der Waals surface area contributed by atoms with E-state index in [0.717, 1.165) is 28.7 Å². The molecule has 0 aromatic carbocycles. The molecule has 8 heteroatoms. The van der Waals surface area contributed by atoms with E-state index in [1.807, 2.05) is 36.3 Å². The van der Waals surface area contributed by atoms with Crippen LogP contribution in [-0.4, -0.2) is 68.3 Å². The highest BCUT2D eigenvalue weighted by molar-refractivity contribution is 5.91. The molecule has 1 aliphatic rings. The normalized spacial score (nSPS) is 18.0. The lowest BCUT2D eigenvalue weighted by Gasteiger charge is -2.37. The molecule has 27 heavy (non-hydrogen) atoms. The van der Waals surface area contributed by atoms with Crippen molar-refractivity contribution in [2.45, 2.75) is 13.0 Å². The van der Waals surface area contributed by atoms with Crippen LogP contribution < -0.4 is 5.32 Å². The van der Waals surface area contributed by atoms with Gasteiger partial charge in [-0.25, -0.2) is 14.8 Å². The predicted molar refractivity (Wildman–Crippen MR) is 104 cm³/mol. The van der Waals surface area contributed by atoms with E-state index in [4.69, 9.17) is 4.98 Å². The van der Waals surface area contributed by atoms with Crippen LogP contribution in [0.15, 0.2) is 36.8 Å². The third-order valence-electron chi connectivity index (χ3n) is 5.06. The van der Waals surface area contributed by atoms with Crippen LogP contribution in [0.4, 0.5) is 10.6 Å². The number of rotatable bonds is 2. The fraction of sp³-hybridized carbons (Fsp3) is 0.368. The molecule has 1 aliphatic heterocycles. The highest BCUT2D eigenvalue weighted by atomic mass is 16.2. The van der Waals surface area contributed by atoms with Gasteiger partial charge in [0, 0.05) is 62.1 Å². The largest absolute Gasteiger partial charge is 0.323 e. The van der Waals surface area contributed by atoms with E-state index in [9.17, 15) is 4.79 Å². The molecule has 0 aliphatic carbocycles. The van der Waals surface area contributed by atoms with Crippen LogP contribution >= 0.6 is 0 Å². The van der Waals surface area contributed by atoms with Gasteiger partial charge in [0.1, 0.15) is 5.82 Å². The van der Waals surface area contributed by atoms with Crippen molar-refractivity contribution in [3.8, 4) is 11.3 Å². The van der Waals surface area contributed by atoms with Crippen LogP contribution in [0.5, 0.6) is 0 Å². The Hall–Kier alpha value is -3.00. The Morgan fingerprint density at radius 1 is 1.22 bits per heavy atom. The number of carbonyl (C=O) groups is 1. The van der Waals surface area contributed by atoms with E-state index < -0.39 is 0 Å². The number of likely N-dealkylation sites (N-methyl/N-ethyl adjacent to an activating group) is 1. The number of hydrogen-bond acceptors (Lipinski definition) is 5. The lowest BCUT2D eigenvalue weighted by Crippen LogP contribution is -2.53. The Bertz CT molecular complexity index is 983. The van der Waals surface area contributed by atoms with Crippen LogP contribution in [0.25, 0.3) is 22.2 Å². The Labute approximate surface area is 157 Å². The first-order chi connectivity index (χ1) is 13.0. The standard InChI is InChI=1S/C19H23N7O/c1-13-11-26(7-6-24(13)2)19(27)23-18-8-17-14(9-20-18)4-5-16(22-17)15-10-21-25(3)12-15/h4-5,8-10,12-13H,6-7,11H2,1-3H3,(H,20,23,27). The molecule has 0 saturated carbocycles. The number of hydrogen-bond donors (Lipinski definition) is 1. The summed E-state index contributed by atoms with van der Waals surface area (Å²) >= 11 is 0. The second-order valence-corrected chi connectivity index (χ2v) is 7.07. The SMILES string of the molecule is CC1CN(C(=O)Nc2cc3nc(-c4cnn(C)c4)ccc3cn2)CCN1C. The van der Waals surface area contributed by atoms with Crippen molar-refractivity contribution >= 4 is 22.8 Å². The number of carbonyl (C=O) groups excluding carboxylic acids is 1. The summed E-state index contributed by atoms with van der Waals surface area (Å²) in [6.07, 6.45) is 5.44. The van der Waals surface area contributed by atoms with Crippen LogP contribution in [0, 0.1) is 0 Å². The highest BCUT2D eigenvalue weighted by Gasteiger charge is 2.24. The summed E-state index contributed by atoms with van der Waals surface area (Å²) in [5.41, 5.74) is 2.58. The summed E-state index contributed by atoms with van der Waals surface area (Å²) in [7, 11) is 3.96. The minimum absolute atomic E-state index is 0.120. The number of pyridine rings is 2. The molecule has 0 spiro atoms. The molecule has 2 amide bonds. The van der Waals surface area contributed by atoms with Crippen LogP contribution in [0.1, 0.15) is 6.92 Å². The van der Waals surface area contributed by atoms with Crippen molar-refractivity contribution in [2.24, 2.45) is 7.05 Å². The van der Waals surface area contributed by atoms with Crippen molar-refractivity contribution in [2.75, 3.05) is 32.0 Å². The van der Waals surface area contributed by atoms with Crippen molar-refractivity contribution < 1.29 is 4.79 Å². The van der Waals surface area contributed by atoms with Gasteiger partial charge in [-0.15, -0.1) is 0 Å². The van der Waals surface area contributed by atoms with Crippen molar-refractivity contribution in [1.82, 2.24) is 29.5 Å². The molecule has 4 heterocycles. The van der Waals surface area contributed by atoms with E-state index in [0.29, 0.717) is 24.9 Å². The van der Waals surface area contributed by atoms with Gasteiger partial charge >= 0.3 is 6.03 Å². The van der Waals surface area contributed by atoms with E-state index >= 15 is 0 Å². The summed E-state index contributed by atoms with van der Waals surface area (Å²) in [6.45, 7) is 4.41. The smallest absolute Gasteiger partial charge is 0.322 e. The molecule has 4 rings (SSSR count). The molecular weight excluding hydrogens is 342 g/mol. The van der Waals surface area contributed by atoms with Crippen molar-refractivity contribution in [1.29, 1.82) is 0 Å². The molecule has 0 radical (unpaired) electrons. The van der Waals surface area contributed by atoms with Gasteiger partial charge in [-0.05, 0) is 26.1 Å². The third-order valence-corrected chi connectivity index (χ3v) is 5.06. The predicted octanol–water partition coefficient (Wildman–Crippen LogP) is 2.20. The minimum Gasteiger partial charge on any atom is -0.322 e. The topological polar surface area (TPSA) is 79.2 Å². The maximum atomic E-state index is 12.6. The number of amides is 2. The highest BCUT2D eigenvalue weighted by Crippen LogP contribution is 2.22. The molecule has 140 valence electrons.